The van der Waals surface area contributed by atoms with Crippen LogP contribution in [0.15, 0.2) is 40.0 Å². The van der Waals surface area contributed by atoms with Crippen LogP contribution in [-0.2, 0) is 11.2 Å². The maximum Gasteiger partial charge on any atom is 0.210 e. The summed E-state index contributed by atoms with van der Waals surface area (Å²) in [6, 6.07) is 10.2. The van der Waals surface area contributed by atoms with Crippen LogP contribution in [0.3, 0.4) is 0 Å². The van der Waals surface area contributed by atoms with E-state index in [0.29, 0.717) is 16.7 Å². The molecule has 0 aliphatic heterocycles. The molecule has 0 saturated carbocycles. The molecule has 0 bridgehead atoms. The van der Waals surface area contributed by atoms with Gasteiger partial charge in [-0.1, -0.05) is 62.0 Å². The summed E-state index contributed by atoms with van der Waals surface area (Å²) in [5.41, 5.74) is 3.19. The fourth-order valence-corrected chi connectivity index (χ4v) is 3.04. The molecule has 126 valence electrons. The Balaban J connectivity index is 1.77. The van der Waals surface area contributed by atoms with Crippen molar-refractivity contribution < 1.29 is 4.52 Å². The van der Waals surface area contributed by atoms with Crippen LogP contribution in [-0.4, -0.2) is 20.0 Å². The normalized spacial score (nSPS) is 11.8. The fraction of sp³-hybridized carbons (Fsp3) is 0.353. The van der Waals surface area contributed by atoms with Gasteiger partial charge in [-0.25, -0.2) is 4.68 Å². The van der Waals surface area contributed by atoms with E-state index in [1.807, 2.05) is 25.1 Å². The van der Waals surface area contributed by atoms with E-state index in [9.17, 15) is 0 Å². The summed E-state index contributed by atoms with van der Waals surface area (Å²) in [7, 11) is 0. The third kappa shape index (κ3) is 3.46. The minimum Gasteiger partial charge on any atom is -0.360 e. The largest absolute Gasteiger partial charge is 0.360 e. The lowest BCUT2D eigenvalue weighted by molar-refractivity contribution is 0.391. The molecule has 0 spiro atoms. The van der Waals surface area contributed by atoms with E-state index >= 15 is 0 Å². The number of nitrogens with two attached hydrogens (primary N) is 1. The minimum atomic E-state index is 0.116. The van der Waals surface area contributed by atoms with Crippen LogP contribution in [0.2, 0.25) is 0 Å². The molecule has 2 heterocycles. The molecule has 0 aliphatic carbocycles. The summed E-state index contributed by atoms with van der Waals surface area (Å²) in [5, 5.41) is 12.9. The van der Waals surface area contributed by atoms with Crippen molar-refractivity contribution in [3.05, 3.63) is 47.3 Å². The Morgan fingerprint density at radius 3 is 2.46 bits per heavy atom. The van der Waals surface area contributed by atoms with Crippen LogP contribution < -0.4 is 5.84 Å². The first kappa shape index (κ1) is 16.6. The molecule has 1 aromatic carbocycles. The Morgan fingerprint density at radius 2 is 1.88 bits per heavy atom. The highest BCUT2D eigenvalue weighted by atomic mass is 32.2. The molecule has 0 saturated heterocycles. The maximum atomic E-state index is 6.15. The fourth-order valence-electron chi connectivity index (χ4n) is 2.31. The first-order chi connectivity index (χ1) is 11.3. The number of thioether (sulfide) groups is 1. The molecule has 6 nitrogen and oxygen atoms in total. The molecule has 24 heavy (non-hydrogen) atoms. The van der Waals surface area contributed by atoms with Crippen molar-refractivity contribution in [1.82, 2.24) is 20.0 Å². The molecule has 0 unspecified atom stereocenters. The molecule has 2 N–H and O–H groups in total. The van der Waals surface area contributed by atoms with Crippen molar-refractivity contribution in [3.63, 3.8) is 0 Å². The van der Waals surface area contributed by atoms with Crippen LogP contribution in [0.5, 0.6) is 0 Å². The number of nitrogen functional groups attached to an aromatic ring is 1. The predicted octanol–water partition coefficient (Wildman–Crippen LogP) is 3.55. The van der Waals surface area contributed by atoms with Gasteiger partial charge in [-0.05, 0) is 17.9 Å². The van der Waals surface area contributed by atoms with Crippen molar-refractivity contribution in [2.45, 2.75) is 44.0 Å². The van der Waals surface area contributed by atoms with Gasteiger partial charge >= 0.3 is 0 Å². The predicted molar refractivity (Wildman–Crippen MR) is 95.1 cm³/mol. The number of aryl methyl sites for hydroxylation is 1. The lowest BCUT2D eigenvalue weighted by Gasteiger charge is -2.19. The van der Waals surface area contributed by atoms with E-state index in [-0.39, 0.29) is 5.41 Å². The van der Waals surface area contributed by atoms with Crippen LogP contribution in [0, 0.1) is 6.92 Å². The van der Waals surface area contributed by atoms with Crippen LogP contribution in [0.1, 0.15) is 37.8 Å². The summed E-state index contributed by atoms with van der Waals surface area (Å²) in [5.74, 6) is 8.20. The van der Waals surface area contributed by atoms with Gasteiger partial charge in [0.15, 0.2) is 5.82 Å². The molecular formula is C17H21N5OS. The summed E-state index contributed by atoms with van der Waals surface area (Å²) in [4.78, 5) is 0. The Morgan fingerprint density at radius 1 is 1.17 bits per heavy atom. The van der Waals surface area contributed by atoms with Gasteiger partial charge in [0.1, 0.15) is 5.76 Å². The van der Waals surface area contributed by atoms with Gasteiger partial charge in [-0.2, -0.15) is 0 Å². The van der Waals surface area contributed by atoms with Crippen molar-refractivity contribution in [2.75, 3.05) is 5.84 Å². The van der Waals surface area contributed by atoms with E-state index in [4.69, 9.17) is 10.4 Å². The third-order valence-corrected chi connectivity index (χ3v) is 4.66. The third-order valence-electron chi connectivity index (χ3n) is 3.69. The summed E-state index contributed by atoms with van der Waals surface area (Å²) in [6.45, 7) is 8.45. The highest BCUT2D eigenvalue weighted by molar-refractivity contribution is 7.98. The van der Waals surface area contributed by atoms with E-state index in [0.717, 1.165) is 17.0 Å². The second-order valence-corrected chi connectivity index (χ2v) is 7.67. The minimum absolute atomic E-state index is 0.116. The Kier molecular flexibility index (Phi) is 4.36. The molecular weight excluding hydrogens is 322 g/mol. The molecule has 7 heteroatoms. The van der Waals surface area contributed by atoms with Gasteiger partial charge in [0.05, 0.1) is 11.4 Å². The molecule has 0 radical (unpaired) electrons. The maximum absolute atomic E-state index is 6.15. The highest BCUT2D eigenvalue weighted by Gasteiger charge is 2.16. The molecule has 3 aromatic rings. The number of aromatic nitrogens is 4. The molecule has 3 rings (SSSR count). The Hall–Kier alpha value is -2.28. The molecule has 0 fully saturated rings. The summed E-state index contributed by atoms with van der Waals surface area (Å²) in [6.07, 6.45) is 0. The quantitative estimate of drug-likeness (QED) is 0.576. The first-order valence-electron chi connectivity index (χ1n) is 7.71. The number of hydrogen-bond donors (Lipinski definition) is 1. The summed E-state index contributed by atoms with van der Waals surface area (Å²) < 4.78 is 6.71. The van der Waals surface area contributed by atoms with Gasteiger partial charge < -0.3 is 10.4 Å². The topological polar surface area (TPSA) is 82.8 Å². The lowest BCUT2D eigenvalue weighted by atomic mass is 9.87. The molecule has 0 aliphatic rings. The number of benzene rings is 1. The van der Waals surface area contributed by atoms with Crippen molar-refractivity contribution in [1.29, 1.82) is 0 Å². The average molecular weight is 343 g/mol. The highest BCUT2D eigenvalue weighted by Crippen LogP contribution is 2.27. The second kappa shape index (κ2) is 6.32. The molecule has 0 atom stereocenters. The van der Waals surface area contributed by atoms with Gasteiger partial charge in [0, 0.05) is 11.6 Å². The zero-order valence-corrected chi connectivity index (χ0v) is 15.1. The Bertz CT molecular complexity index is 830. The van der Waals surface area contributed by atoms with Gasteiger partial charge in [-0.3, -0.25) is 0 Å². The first-order valence-corrected chi connectivity index (χ1v) is 8.69. The zero-order valence-electron chi connectivity index (χ0n) is 14.3. The lowest BCUT2D eigenvalue weighted by Crippen LogP contribution is -2.12. The van der Waals surface area contributed by atoms with E-state index < -0.39 is 0 Å². The van der Waals surface area contributed by atoms with Crippen molar-refractivity contribution in [2.24, 2.45) is 0 Å². The van der Waals surface area contributed by atoms with E-state index in [1.165, 1.54) is 22.0 Å². The van der Waals surface area contributed by atoms with Gasteiger partial charge in [-0.15, -0.1) is 10.2 Å². The second-order valence-electron chi connectivity index (χ2n) is 6.73. The summed E-state index contributed by atoms with van der Waals surface area (Å²) >= 11 is 1.47. The number of nitrogens with zero attached hydrogens (tertiary/aromatic N) is 4. The number of hydrogen-bond acceptors (Lipinski definition) is 6. The van der Waals surface area contributed by atoms with Crippen LogP contribution >= 0.6 is 11.8 Å². The Labute approximate surface area is 145 Å². The van der Waals surface area contributed by atoms with Crippen LogP contribution in [0.4, 0.5) is 0 Å². The van der Waals surface area contributed by atoms with Crippen LogP contribution in [0.25, 0.3) is 11.4 Å². The molecule has 2 aromatic heterocycles. The van der Waals surface area contributed by atoms with Gasteiger partial charge in [0.25, 0.3) is 0 Å². The average Bonchev–Trinajstić information content (AvgIpc) is 3.10. The van der Waals surface area contributed by atoms with Crippen molar-refractivity contribution >= 4 is 11.8 Å². The smallest absolute Gasteiger partial charge is 0.210 e. The monoisotopic (exact) mass is 343 g/mol. The zero-order chi connectivity index (χ0) is 17.3. The molecule has 0 amide bonds. The van der Waals surface area contributed by atoms with Gasteiger partial charge in [0.2, 0.25) is 5.16 Å². The van der Waals surface area contributed by atoms with E-state index in [2.05, 4.69) is 48.3 Å². The standard InChI is InChI=1S/C17H21N5OS/c1-11-9-14(23-21-11)10-24-16-20-19-15(22(16)18)12-5-7-13(8-6-12)17(2,3)4/h5-9H,10,18H2,1-4H3. The van der Waals surface area contributed by atoms with E-state index in [1.54, 1.807) is 0 Å². The SMILES string of the molecule is Cc1cc(CSc2nnc(-c3ccc(C(C)(C)C)cc3)n2N)on1. The number of rotatable bonds is 4. The van der Waals surface area contributed by atoms with Crippen molar-refractivity contribution in [3.8, 4) is 11.4 Å².